The Morgan fingerprint density at radius 3 is 2.79 bits per heavy atom. The van der Waals surface area contributed by atoms with E-state index in [0.717, 1.165) is 5.56 Å². The topological polar surface area (TPSA) is 59.0 Å². The second-order valence-corrected chi connectivity index (χ2v) is 5.11. The van der Waals surface area contributed by atoms with Gasteiger partial charge in [0.25, 0.3) is 0 Å². The van der Waals surface area contributed by atoms with Gasteiger partial charge in [0, 0.05) is 0 Å². The monoisotopic (exact) mass is 263 g/mol. The summed E-state index contributed by atoms with van der Waals surface area (Å²) in [6, 6.07) is 9.56. The highest BCUT2D eigenvalue weighted by Gasteiger charge is 2.54. The lowest BCUT2D eigenvalue weighted by molar-refractivity contribution is -0.144. The molecule has 1 N–H and O–H groups in total. The zero-order valence-corrected chi connectivity index (χ0v) is 10.6. The molecule has 1 amide bonds. The van der Waals surface area contributed by atoms with Crippen LogP contribution in [0.15, 0.2) is 30.3 Å². The Morgan fingerprint density at radius 1 is 1.42 bits per heavy atom. The molecule has 19 heavy (non-hydrogen) atoms. The number of amides is 1. The Bertz CT molecular complexity index is 456. The molecule has 2 aliphatic rings. The number of carbonyl (C=O) groups excluding carboxylic acids is 1. The van der Waals surface area contributed by atoms with Gasteiger partial charge in [-0.2, -0.15) is 0 Å². The van der Waals surface area contributed by atoms with Crippen molar-refractivity contribution in [3.05, 3.63) is 35.9 Å². The summed E-state index contributed by atoms with van der Waals surface area (Å²) in [6.45, 7) is 1.67. The number of aliphatic hydroxyl groups excluding tert-OH is 1. The third-order valence-electron chi connectivity index (χ3n) is 3.77. The van der Waals surface area contributed by atoms with E-state index in [1.807, 2.05) is 30.3 Å². The van der Waals surface area contributed by atoms with Gasteiger partial charge in [-0.1, -0.05) is 30.3 Å². The minimum atomic E-state index is -0.536. The van der Waals surface area contributed by atoms with Gasteiger partial charge in [-0.05, 0) is 12.0 Å². The molecule has 5 heteroatoms. The largest absolute Gasteiger partial charge is 0.445 e. The van der Waals surface area contributed by atoms with Crippen molar-refractivity contribution in [3.63, 3.8) is 0 Å². The van der Waals surface area contributed by atoms with Gasteiger partial charge in [0.1, 0.15) is 12.2 Å². The first kappa shape index (κ1) is 12.4. The molecule has 0 saturated carbocycles. The lowest BCUT2D eigenvalue weighted by Crippen LogP contribution is -2.67. The van der Waals surface area contributed by atoms with Crippen LogP contribution in [-0.2, 0) is 16.1 Å². The van der Waals surface area contributed by atoms with E-state index in [2.05, 4.69) is 0 Å². The smallest absolute Gasteiger partial charge is 0.410 e. The third kappa shape index (κ3) is 2.31. The molecular weight excluding hydrogens is 246 g/mol. The summed E-state index contributed by atoms with van der Waals surface area (Å²) in [5.74, 6) is 0. The zero-order chi connectivity index (χ0) is 13.3. The van der Waals surface area contributed by atoms with Crippen molar-refractivity contribution in [2.24, 2.45) is 0 Å². The molecule has 1 aromatic rings. The SMILES string of the molecule is O=C(OCc1ccccc1)N1CC2(C1)OCCC2O. The van der Waals surface area contributed by atoms with Crippen LogP contribution in [0.2, 0.25) is 0 Å². The maximum Gasteiger partial charge on any atom is 0.410 e. The molecule has 1 spiro atoms. The van der Waals surface area contributed by atoms with E-state index in [1.165, 1.54) is 0 Å². The Hall–Kier alpha value is -1.59. The number of ether oxygens (including phenoxy) is 2. The van der Waals surface area contributed by atoms with Gasteiger partial charge in [0.05, 0.1) is 25.8 Å². The highest BCUT2D eigenvalue weighted by Crippen LogP contribution is 2.35. The average molecular weight is 263 g/mol. The number of carbonyl (C=O) groups is 1. The predicted octanol–water partition coefficient (Wildman–Crippen LogP) is 1.16. The maximum atomic E-state index is 11.8. The third-order valence-corrected chi connectivity index (χ3v) is 3.77. The van der Waals surface area contributed by atoms with Crippen LogP contribution in [0.4, 0.5) is 4.79 Å². The quantitative estimate of drug-likeness (QED) is 0.870. The summed E-state index contributed by atoms with van der Waals surface area (Å²) in [4.78, 5) is 13.4. The molecule has 1 unspecified atom stereocenters. The van der Waals surface area contributed by atoms with Crippen LogP contribution < -0.4 is 0 Å². The van der Waals surface area contributed by atoms with Crippen LogP contribution in [0, 0.1) is 0 Å². The van der Waals surface area contributed by atoms with E-state index in [9.17, 15) is 9.90 Å². The molecule has 0 bridgehead atoms. The number of rotatable bonds is 2. The van der Waals surface area contributed by atoms with Crippen molar-refractivity contribution < 1.29 is 19.4 Å². The Labute approximate surface area is 111 Å². The van der Waals surface area contributed by atoms with Crippen LogP contribution in [-0.4, -0.2) is 47.5 Å². The average Bonchev–Trinajstić information content (AvgIpc) is 2.77. The van der Waals surface area contributed by atoms with Crippen molar-refractivity contribution in [2.75, 3.05) is 19.7 Å². The van der Waals surface area contributed by atoms with Gasteiger partial charge in [0.15, 0.2) is 0 Å². The van der Waals surface area contributed by atoms with Crippen molar-refractivity contribution >= 4 is 6.09 Å². The van der Waals surface area contributed by atoms with E-state index >= 15 is 0 Å². The van der Waals surface area contributed by atoms with Crippen molar-refractivity contribution in [1.82, 2.24) is 4.90 Å². The summed E-state index contributed by atoms with van der Waals surface area (Å²) >= 11 is 0. The molecule has 2 saturated heterocycles. The molecule has 2 aliphatic heterocycles. The van der Waals surface area contributed by atoms with E-state index in [4.69, 9.17) is 9.47 Å². The Kier molecular flexibility index (Phi) is 3.16. The highest BCUT2D eigenvalue weighted by atomic mass is 16.6. The van der Waals surface area contributed by atoms with Gasteiger partial charge in [0.2, 0.25) is 0 Å². The molecule has 1 aromatic carbocycles. The maximum absolute atomic E-state index is 11.8. The van der Waals surface area contributed by atoms with Gasteiger partial charge in [-0.3, -0.25) is 0 Å². The minimum absolute atomic E-state index is 0.270. The van der Waals surface area contributed by atoms with Gasteiger partial charge >= 0.3 is 6.09 Å². The molecule has 1 atom stereocenters. The first-order chi connectivity index (χ1) is 9.20. The van der Waals surface area contributed by atoms with E-state index in [-0.39, 0.29) is 12.7 Å². The van der Waals surface area contributed by atoms with Crippen molar-refractivity contribution in [1.29, 1.82) is 0 Å². The second kappa shape index (κ2) is 4.83. The molecule has 0 radical (unpaired) electrons. The number of benzene rings is 1. The number of likely N-dealkylation sites (tertiary alicyclic amines) is 1. The molecule has 3 rings (SSSR count). The summed E-state index contributed by atoms with van der Waals surface area (Å²) in [6.07, 6.45) is -0.171. The molecule has 102 valence electrons. The van der Waals surface area contributed by atoms with Crippen LogP contribution >= 0.6 is 0 Å². The number of nitrogens with zero attached hydrogens (tertiary/aromatic N) is 1. The van der Waals surface area contributed by atoms with E-state index in [0.29, 0.717) is 26.1 Å². The number of hydrogen-bond donors (Lipinski definition) is 1. The van der Waals surface area contributed by atoms with Gasteiger partial charge < -0.3 is 19.5 Å². The standard InChI is InChI=1S/C14H17NO4/c16-12-6-7-19-14(12)9-15(10-14)13(17)18-8-11-4-2-1-3-5-11/h1-5,12,16H,6-10H2. The fourth-order valence-electron chi connectivity index (χ4n) is 2.57. The lowest BCUT2D eigenvalue weighted by Gasteiger charge is -2.47. The van der Waals surface area contributed by atoms with Crippen LogP contribution in [0.1, 0.15) is 12.0 Å². The first-order valence-corrected chi connectivity index (χ1v) is 6.47. The molecular formula is C14H17NO4. The predicted molar refractivity (Wildman–Crippen MR) is 67.5 cm³/mol. The van der Waals surface area contributed by atoms with Gasteiger partial charge in [-0.15, -0.1) is 0 Å². The summed E-state index contributed by atoms with van der Waals surface area (Å²) in [5, 5.41) is 9.80. The van der Waals surface area contributed by atoms with E-state index in [1.54, 1.807) is 4.90 Å². The number of aliphatic hydroxyl groups is 1. The second-order valence-electron chi connectivity index (χ2n) is 5.11. The molecule has 2 fully saturated rings. The Morgan fingerprint density at radius 2 is 2.16 bits per heavy atom. The Balaban J connectivity index is 1.48. The normalized spacial score (nSPS) is 24.3. The molecule has 0 aromatic heterocycles. The zero-order valence-electron chi connectivity index (χ0n) is 10.6. The van der Waals surface area contributed by atoms with Crippen LogP contribution in [0.5, 0.6) is 0 Å². The fourth-order valence-corrected chi connectivity index (χ4v) is 2.57. The lowest BCUT2D eigenvalue weighted by atomic mass is 9.89. The van der Waals surface area contributed by atoms with Crippen LogP contribution in [0.3, 0.4) is 0 Å². The van der Waals surface area contributed by atoms with Crippen molar-refractivity contribution in [2.45, 2.75) is 24.7 Å². The molecule has 5 nitrogen and oxygen atoms in total. The molecule has 0 aliphatic carbocycles. The summed E-state index contributed by atoms with van der Waals surface area (Å²) < 4.78 is 10.8. The first-order valence-electron chi connectivity index (χ1n) is 6.47. The number of hydrogen-bond acceptors (Lipinski definition) is 4. The van der Waals surface area contributed by atoms with E-state index < -0.39 is 11.7 Å². The van der Waals surface area contributed by atoms with Gasteiger partial charge in [-0.25, -0.2) is 4.79 Å². The highest BCUT2D eigenvalue weighted by molar-refractivity contribution is 5.69. The summed E-state index contributed by atoms with van der Waals surface area (Å²) in [5.41, 5.74) is 0.425. The minimum Gasteiger partial charge on any atom is -0.445 e. The molecule has 2 heterocycles. The van der Waals surface area contributed by atoms with Crippen molar-refractivity contribution in [3.8, 4) is 0 Å². The fraction of sp³-hybridized carbons (Fsp3) is 0.500. The van der Waals surface area contributed by atoms with Crippen LogP contribution in [0.25, 0.3) is 0 Å². The summed E-state index contributed by atoms with van der Waals surface area (Å²) in [7, 11) is 0.